The van der Waals surface area contributed by atoms with Gasteiger partial charge in [-0.1, -0.05) is 39.0 Å². The Balaban J connectivity index is 3.07. The molecule has 0 aromatic rings. The zero-order valence-corrected chi connectivity index (χ0v) is 9.13. The van der Waals surface area contributed by atoms with Gasteiger partial charge in [0.1, 0.15) is 6.61 Å². The van der Waals surface area contributed by atoms with Crippen molar-refractivity contribution in [2.75, 3.05) is 13.2 Å². The molecule has 84 valence electrons. The molecule has 0 aliphatic heterocycles. The average molecular weight is 202 g/mol. The molecule has 0 atom stereocenters. The van der Waals surface area contributed by atoms with E-state index < -0.39 is 0 Å². The number of aliphatic hydroxyl groups is 1. The second kappa shape index (κ2) is 10.5. The van der Waals surface area contributed by atoms with Crippen molar-refractivity contribution in [1.29, 1.82) is 0 Å². The van der Waals surface area contributed by atoms with Crippen LogP contribution >= 0.6 is 0 Å². The number of rotatable bonds is 9. The highest BCUT2D eigenvalue weighted by molar-refractivity contribution is 5.69. The van der Waals surface area contributed by atoms with Gasteiger partial charge in [0.25, 0.3) is 0 Å². The Kier molecular flexibility index (Phi) is 10.1. The fourth-order valence-electron chi connectivity index (χ4n) is 1.28. The van der Waals surface area contributed by atoms with Crippen LogP contribution in [-0.4, -0.2) is 24.3 Å². The standard InChI is InChI=1S/C11H22O3/c1-2-3-4-5-6-7-8-11(13)14-10-9-12/h12H,2-10H2,1H3. The first kappa shape index (κ1) is 13.4. The summed E-state index contributed by atoms with van der Waals surface area (Å²) in [4.78, 5) is 11.0. The van der Waals surface area contributed by atoms with Crippen LogP contribution in [0.5, 0.6) is 0 Å². The van der Waals surface area contributed by atoms with Crippen LogP contribution < -0.4 is 0 Å². The second-order valence-corrected chi connectivity index (χ2v) is 3.46. The number of carbonyl (C=O) groups excluding carboxylic acids is 1. The first-order valence-electron chi connectivity index (χ1n) is 5.57. The predicted octanol–water partition coefficient (Wildman–Crippen LogP) is 2.27. The molecule has 0 aromatic heterocycles. The lowest BCUT2D eigenvalue weighted by Gasteiger charge is -2.02. The Morgan fingerprint density at radius 3 is 2.43 bits per heavy atom. The quantitative estimate of drug-likeness (QED) is 0.461. The number of ether oxygens (including phenoxy) is 1. The molecule has 0 radical (unpaired) electrons. The van der Waals surface area contributed by atoms with Crippen LogP contribution in [0.3, 0.4) is 0 Å². The Labute approximate surface area is 86.5 Å². The van der Waals surface area contributed by atoms with E-state index in [0.717, 1.165) is 12.8 Å². The Morgan fingerprint density at radius 2 is 1.79 bits per heavy atom. The first-order chi connectivity index (χ1) is 6.81. The van der Waals surface area contributed by atoms with E-state index in [1.54, 1.807) is 0 Å². The van der Waals surface area contributed by atoms with Crippen molar-refractivity contribution >= 4 is 5.97 Å². The van der Waals surface area contributed by atoms with Crippen LogP contribution in [0.2, 0.25) is 0 Å². The Bertz CT molecular complexity index is 134. The number of hydrogen-bond donors (Lipinski definition) is 1. The van der Waals surface area contributed by atoms with Gasteiger partial charge in [0.2, 0.25) is 0 Å². The molecule has 3 nitrogen and oxygen atoms in total. The molecule has 0 aromatic carbocycles. The SMILES string of the molecule is CCCCCCCCC(=O)OCCO. The maximum Gasteiger partial charge on any atom is 0.305 e. The van der Waals surface area contributed by atoms with Gasteiger partial charge >= 0.3 is 5.97 Å². The van der Waals surface area contributed by atoms with Crippen molar-refractivity contribution in [2.24, 2.45) is 0 Å². The zero-order chi connectivity index (χ0) is 10.6. The number of carbonyl (C=O) groups is 1. The van der Waals surface area contributed by atoms with Crippen LogP contribution in [0.25, 0.3) is 0 Å². The van der Waals surface area contributed by atoms with Gasteiger partial charge in [-0.25, -0.2) is 0 Å². The van der Waals surface area contributed by atoms with E-state index in [-0.39, 0.29) is 19.2 Å². The summed E-state index contributed by atoms with van der Waals surface area (Å²) in [5.41, 5.74) is 0. The van der Waals surface area contributed by atoms with E-state index in [2.05, 4.69) is 6.92 Å². The molecule has 0 spiro atoms. The molecule has 0 aliphatic rings. The van der Waals surface area contributed by atoms with Gasteiger partial charge in [0.05, 0.1) is 6.61 Å². The molecule has 0 fully saturated rings. The highest BCUT2D eigenvalue weighted by atomic mass is 16.5. The lowest BCUT2D eigenvalue weighted by Crippen LogP contribution is -2.07. The van der Waals surface area contributed by atoms with Crippen molar-refractivity contribution in [3.63, 3.8) is 0 Å². The third-order valence-corrected chi connectivity index (χ3v) is 2.09. The number of esters is 1. The molecule has 1 N–H and O–H groups in total. The van der Waals surface area contributed by atoms with Gasteiger partial charge in [-0.05, 0) is 6.42 Å². The van der Waals surface area contributed by atoms with Gasteiger partial charge in [0, 0.05) is 6.42 Å². The largest absolute Gasteiger partial charge is 0.463 e. The highest BCUT2D eigenvalue weighted by Gasteiger charge is 2.01. The second-order valence-electron chi connectivity index (χ2n) is 3.46. The fourth-order valence-corrected chi connectivity index (χ4v) is 1.28. The third kappa shape index (κ3) is 9.52. The van der Waals surface area contributed by atoms with Gasteiger partial charge < -0.3 is 9.84 Å². The van der Waals surface area contributed by atoms with E-state index >= 15 is 0 Å². The number of unbranched alkanes of at least 4 members (excludes halogenated alkanes) is 5. The average Bonchev–Trinajstić information content (AvgIpc) is 2.20. The summed E-state index contributed by atoms with van der Waals surface area (Å²) in [7, 11) is 0. The van der Waals surface area contributed by atoms with Crippen LogP contribution in [-0.2, 0) is 9.53 Å². The van der Waals surface area contributed by atoms with Crippen LogP contribution in [0.15, 0.2) is 0 Å². The zero-order valence-electron chi connectivity index (χ0n) is 9.13. The van der Waals surface area contributed by atoms with Crippen LogP contribution in [0.1, 0.15) is 51.9 Å². The maximum absolute atomic E-state index is 11.0. The molecular formula is C11H22O3. The molecule has 0 saturated carbocycles. The third-order valence-electron chi connectivity index (χ3n) is 2.09. The van der Waals surface area contributed by atoms with Gasteiger partial charge in [-0.2, -0.15) is 0 Å². The summed E-state index contributed by atoms with van der Waals surface area (Å²) >= 11 is 0. The van der Waals surface area contributed by atoms with E-state index in [9.17, 15) is 4.79 Å². The molecule has 3 heteroatoms. The Hall–Kier alpha value is -0.570. The topological polar surface area (TPSA) is 46.5 Å². The lowest BCUT2D eigenvalue weighted by atomic mass is 10.1. The van der Waals surface area contributed by atoms with E-state index in [1.165, 1.54) is 25.7 Å². The first-order valence-corrected chi connectivity index (χ1v) is 5.57. The fraction of sp³-hybridized carbons (Fsp3) is 0.909. The molecule has 0 heterocycles. The predicted molar refractivity (Wildman–Crippen MR) is 56.0 cm³/mol. The van der Waals surface area contributed by atoms with Crippen LogP contribution in [0, 0.1) is 0 Å². The van der Waals surface area contributed by atoms with Crippen molar-refractivity contribution in [3.05, 3.63) is 0 Å². The Morgan fingerprint density at radius 1 is 1.14 bits per heavy atom. The van der Waals surface area contributed by atoms with Crippen LogP contribution in [0.4, 0.5) is 0 Å². The van der Waals surface area contributed by atoms with Gasteiger partial charge in [-0.3, -0.25) is 4.79 Å². The summed E-state index contributed by atoms with van der Waals surface area (Å²) in [5.74, 6) is -0.186. The molecule has 0 unspecified atom stereocenters. The minimum Gasteiger partial charge on any atom is -0.463 e. The molecule has 14 heavy (non-hydrogen) atoms. The molecule has 0 aliphatic carbocycles. The van der Waals surface area contributed by atoms with Crippen molar-refractivity contribution in [3.8, 4) is 0 Å². The van der Waals surface area contributed by atoms with Crippen molar-refractivity contribution < 1.29 is 14.6 Å². The summed E-state index contributed by atoms with van der Waals surface area (Å²) in [6, 6.07) is 0. The minimum atomic E-state index is -0.186. The number of hydrogen-bond acceptors (Lipinski definition) is 3. The van der Waals surface area contributed by atoms with E-state index in [0.29, 0.717) is 6.42 Å². The van der Waals surface area contributed by atoms with Crippen molar-refractivity contribution in [2.45, 2.75) is 51.9 Å². The van der Waals surface area contributed by atoms with Crippen molar-refractivity contribution in [1.82, 2.24) is 0 Å². The molecule has 0 rings (SSSR count). The van der Waals surface area contributed by atoms with E-state index in [4.69, 9.17) is 9.84 Å². The summed E-state index contributed by atoms with van der Waals surface area (Å²) in [6.07, 6.45) is 7.52. The molecule has 0 bridgehead atoms. The lowest BCUT2D eigenvalue weighted by molar-refractivity contribution is -0.144. The normalized spacial score (nSPS) is 10.1. The van der Waals surface area contributed by atoms with Gasteiger partial charge in [-0.15, -0.1) is 0 Å². The summed E-state index contributed by atoms with van der Waals surface area (Å²) in [6.45, 7) is 2.24. The van der Waals surface area contributed by atoms with Gasteiger partial charge in [0.15, 0.2) is 0 Å². The maximum atomic E-state index is 11.0. The summed E-state index contributed by atoms with van der Waals surface area (Å²) in [5, 5.41) is 8.41. The molecule has 0 saturated heterocycles. The highest BCUT2D eigenvalue weighted by Crippen LogP contribution is 2.07. The molecular weight excluding hydrogens is 180 g/mol. The number of aliphatic hydroxyl groups excluding tert-OH is 1. The minimum absolute atomic E-state index is 0.0811. The monoisotopic (exact) mass is 202 g/mol. The molecule has 0 amide bonds. The summed E-state index contributed by atoms with van der Waals surface area (Å²) < 4.78 is 4.73. The smallest absolute Gasteiger partial charge is 0.305 e. The van der Waals surface area contributed by atoms with E-state index in [1.807, 2.05) is 0 Å².